The molecule has 1 amide bonds. The van der Waals surface area contributed by atoms with E-state index in [9.17, 15) is 4.79 Å². The van der Waals surface area contributed by atoms with Crippen molar-refractivity contribution in [3.05, 3.63) is 23.6 Å². The zero-order chi connectivity index (χ0) is 19.6. The van der Waals surface area contributed by atoms with Crippen LogP contribution >= 0.6 is 11.6 Å². The second-order valence-corrected chi connectivity index (χ2v) is 7.82. The Morgan fingerprint density at radius 2 is 2.07 bits per heavy atom. The predicted molar refractivity (Wildman–Crippen MR) is 103 cm³/mol. The molecule has 27 heavy (non-hydrogen) atoms. The van der Waals surface area contributed by atoms with Gasteiger partial charge in [-0.2, -0.15) is 0 Å². The summed E-state index contributed by atoms with van der Waals surface area (Å²) in [7, 11) is 1.57. The Balaban J connectivity index is 1.75. The molecule has 0 radical (unpaired) electrons. The van der Waals surface area contributed by atoms with E-state index in [0.717, 1.165) is 12.8 Å². The summed E-state index contributed by atoms with van der Waals surface area (Å²) < 4.78 is 16.9. The average Bonchev–Trinajstić information content (AvgIpc) is 3.07. The van der Waals surface area contributed by atoms with E-state index in [0.29, 0.717) is 40.7 Å². The Kier molecular flexibility index (Phi) is 5.60. The van der Waals surface area contributed by atoms with Gasteiger partial charge in [0.15, 0.2) is 11.5 Å². The van der Waals surface area contributed by atoms with Gasteiger partial charge in [0.1, 0.15) is 23.7 Å². The number of likely N-dealkylation sites (tertiary alicyclic amines) is 1. The molecule has 1 saturated heterocycles. The highest BCUT2D eigenvalue weighted by molar-refractivity contribution is 6.34. The second-order valence-electron chi connectivity index (χ2n) is 7.47. The summed E-state index contributed by atoms with van der Waals surface area (Å²) in [5.74, 6) is 1.09. The van der Waals surface area contributed by atoms with Crippen molar-refractivity contribution in [3.63, 3.8) is 0 Å². The van der Waals surface area contributed by atoms with Gasteiger partial charge in [-0.25, -0.2) is 14.8 Å². The topological polar surface area (TPSA) is 73.8 Å². The van der Waals surface area contributed by atoms with E-state index in [1.54, 1.807) is 24.1 Å². The smallest absolute Gasteiger partial charge is 0.410 e. The standard InChI is InChI=1S/C19H24ClN3O4/c1-19(2,3)27-18(24)23-7-5-6-12(23)10-26-16-8-13-14(9-15(16)25-4)21-11-22-17(13)20/h8-9,11-12H,5-7,10H2,1-4H3/t12-/m1/s1. The van der Waals surface area contributed by atoms with Gasteiger partial charge in [-0.15, -0.1) is 0 Å². The van der Waals surface area contributed by atoms with Crippen LogP contribution in [0.4, 0.5) is 4.79 Å². The normalized spacial score (nSPS) is 17.2. The van der Waals surface area contributed by atoms with Crippen molar-refractivity contribution in [1.82, 2.24) is 14.9 Å². The number of fused-ring (bicyclic) bond motifs is 1. The summed E-state index contributed by atoms with van der Waals surface area (Å²) in [6.45, 7) is 6.58. The van der Waals surface area contributed by atoms with E-state index in [1.807, 2.05) is 20.8 Å². The Bertz CT molecular complexity index is 838. The number of hydrogen-bond acceptors (Lipinski definition) is 6. The molecule has 7 nitrogen and oxygen atoms in total. The van der Waals surface area contributed by atoms with Crippen molar-refractivity contribution < 1.29 is 19.0 Å². The third kappa shape index (κ3) is 4.53. The number of halogens is 1. The quantitative estimate of drug-likeness (QED) is 0.729. The van der Waals surface area contributed by atoms with Crippen LogP contribution in [0.25, 0.3) is 10.9 Å². The number of amides is 1. The van der Waals surface area contributed by atoms with Crippen molar-refractivity contribution in [2.45, 2.75) is 45.3 Å². The van der Waals surface area contributed by atoms with Crippen LogP contribution in [0.3, 0.4) is 0 Å². The number of rotatable bonds is 4. The lowest BCUT2D eigenvalue weighted by molar-refractivity contribution is 0.0187. The van der Waals surface area contributed by atoms with Gasteiger partial charge in [-0.1, -0.05) is 11.6 Å². The first kappa shape index (κ1) is 19.5. The molecular weight excluding hydrogens is 370 g/mol. The molecule has 1 aliphatic rings. The van der Waals surface area contributed by atoms with E-state index in [2.05, 4.69) is 9.97 Å². The fourth-order valence-electron chi connectivity index (χ4n) is 3.06. The first-order chi connectivity index (χ1) is 12.8. The molecule has 3 rings (SSSR count). The van der Waals surface area contributed by atoms with Gasteiger partial charge in [-0.3, -0.25) is 0 Å². The molecule has 1 fully saturated rings. The average molecular weight is 394 g/mol. The van der Waals surface area contributed by atoms with Gasteiger partial charge in [0.05, 0.1) is 18.7 Å². The second kappa shape index (κ2) is 7.76. The zero-order valence-corrected chi connectivity index (χ0v) is 16.7. The molecule has 1 aromatic carbocycles. The highest BCUT2D eigenvalue weighted by Gasteiger charge is 2.32. The van der Waals surface area contributed by atoms with E-state index in [1.165, 1.54) is 6.33 Å². The number of carbonyl (C=O) groups is 1. The van der Waals surface area contributed by atoms with Crippen molar-refractivity contribution in [2.75, 3.05) is 20.3 Å². The van der Waals surface area contributed by atoms with Crippen LogP contribution in [0.15, 0.2) is 18.5 Å². The van der Waals surface area contributed by atoms with Crippen LogP contribution in [-0.4, -0.2) is 52.9 Å². The van der Waals surface area contributed by atoms with Gasteiger partial charge in [-0.05, 0) is 39.7 Å². The molecule has 1 aliphatic heterocycles. The van der Waals surface area contributed by atoms with Gasteiger partial charge < -0.3 is 19.1 Å². The minimum Gasteiger partial charge on any atom is -0.493 e. The number of aromatic nitrogens is 2. The number of benzene rings is 1. The summed E-state index contributed by atoms with van der Waals surface area (Å²) in [6.07, 6.45) is 2.87. The summed E-state index contributed by atoms with van der Waals surface area (Å²) >= 11 is 6.16. The molecule has 2 heterocycles. The lowest BCUT2D eigenvalue weighted by Gasteiger charge is -2.28. The van der Waals surface area contributed by atoms with Crippen LogP contribution in [0.2, 0.25) is 5.15 Å². The monoisotopic (exact) mass is 393 g/mol. The molecule has 8 heteroatoms. The molecule has 1 aromatic heterocycles. The molecule has 1 atom stereocenters. The van der Waals surface area contributed by atoms with E-state index in [4.69, 9.17) is 25.8 Å². The Morgan fingerprint density at radius 3 is 2.78 bits per heavy atom. The Hall–Kier alpha value is -2.28. The SMILES string of the molecule is COc1cc2ncnc(Cl)c2cc1OC[C@H]1CCCN1C(=O)OC(C)(C)C. The van der Waals surface area contributed by atoms with Crippen molar-refractivity contribution in [3.8, 4) is 11.5 Å². The molecule has 0 saturated carbocycles. The summed E-state index contributed by atoms with van der Waals surface area (Å²) in [5, 5.41) is 1.04. The minimum atomic E-state index is -0.524. The first-order valence-corrected chi connectivity index (χ1v) is 9.27. The van der Waals surface area contributed by atoms with Gasteiger partial charge in [0.25, 0.3) is 0 Å². The van der Waals surface area contributed by atoms with Crippen molar-refractivity contribution in [2.24, 2.45) is 0 Å². The van der Waals surface area contributed by atoms with Crippen LogP contribution in [0.1, 0.15) is 33.6 Å². The number of hydrogen-bond donors (Lipinski definition) is 0. The fraction of sp³-hybridized carbons (Fsp3) is 0.526. The highest BCUT2D eigenvalue weighted by Crippen LogP contribution is 2.34. The largest absolute Gasteiger partial charge is 0.493 e. The van der Waals surface area contributed by atoms with Crippen molar-refractivity contribution in [1.29, 1.82) is 0 Å². The lowest BCUT2D eigenvalue weighted by Crippen LogP contribution is -2.42. The number of carbonyl (C=O) groups excluding carboxylic acids is 1. The first-order valence-electron chi connectivity index (χ1n) is 8.89. The molecule has 2 aromatic rings. The number of ether oxygens (including phenoxy) is 3. The van der Waals surface area contributed by atoms with E-state index < -0.39 is 5.60 Å². The maximum atomic E-state index is 12.4. The maximum absolute atomic E-state index is 12.4. The van der Waals surface area contributed by atoms with Crippen LogP contribution < -0.4 is 9.47 Å². The van der Waals surface area contributed by atoms with Crippen molar-refractivity contribution >= 4 is 28.6 Å². The molecule has 0 N–H and O–H groups in total. The lowest BCUT2D eigenvalue weighted by atomic mass is 10.2. The van der Waals surface area contributed by atoms with E-state index >= 15 is 0 Å². The minimum absolute atomic E-state index is 0.0530. The summed E-state index contributed by atoms with van der Waals surface area (Å²) in [4.78, 5) is 22.3. The van der Waals surface area contributed by atoms with E-state index in [-0.39, 0.29) is 12.1 Å². The molecule has 0 spiro atoms. The maximum Gasteiger partial charge on any atom is 0.410 e. The predicted octanol–water partition coefficient (Wildman–Crippen LogP) is 4.07. The Labute approximate surface area is 163 Å². The summed E-state index contributed by atoms with van der Waals surface area (Å²) in [5.41, 5.74) is 0.152. The van der Waals surface area contributed by atoms with Gasteiger partial charge in [0, 0.05) is 18.0 Å². The number of methoxy groups -OCH3 is 1. The Morgan fingerprint density at radius 1 is 1.30 bits per heavy atom. The van der Waals surface area contributed by atoms with Crippen LogP contribution in [0, 0.1) is 0 Å². The third-order valence-corrected chi connectivity index (χ3v) is 4.61. The van der Waals surface area contributed by atoms with Crippen LogP contribution in [0.5, 0.6) is 11.5 Å². The highest BCUT2D eigenvalue weighted by atomic mass is 35.5. The molecule has 146 valence electrons. The van der Waals surface area contributed by atoms with Gasteiger partial charge >= 0.3 is 6.09 Å². The molecule has 0 unspecified atom stereocenters. The number of nitrogens with zero attached hydrogens (tertiary/aromatic N) is 3. The summed E-state index contributed by atoms with van der Waals surface area (Å²) in [6, 6.07) is 3.48. The zero-order valence-electron chi connectivity index (χ0n) is 16.0. The molecule has 0 aliphatic carbocycles. The van der Waals surface area contributed by atoms with Crippen LogP contribution in [-0.2, 0) is 4.74 Å². The molecular formula is C19H24ClN3O4. The van der Waals surface area contributed by atoms with Gasteiger partial charge in [0.2, 0.25) is 0 Å². The third-order valence-electron chi connectivity index (χ3n) is 4.31. The fourth-order valence-corrected chi connectivity index (χ4v) is 3.26. The molecule has 0 bridgehead atoms.